The lowest BCUT2D eigenvalue weighted by molar-refractivity contribution is 0.0302. The molecule has 0 unspecified atom stereocenters. The van der Waals surface area contributed by atoms with Crippen LogP contribution in [0.2, 0.25) is 5.15 Å². The summed E-state index contributed by atoms with van der Waals surface area (Å²) in [5.74, 6) is -0.00176. The number of halogens is 1. The van der Waals surface area contributed by atoms with Crippen molar-refractivity contribution < 1.29 is 9.53 Å². The first kappa shape index (κ1) is 14.3. The molecule has 4 nitrogen and oxygen atoms in total. The van der Waals surface area contributed by atoms with Crippen molar-refractivity contribution in [3.63, 3.8) is 0 Å². The Morgan fingerprint density at radius 2 is 1.95 bits per heavy atom. The van der Waals surface area contributed by atoms with Crippen LogP contribution in [0.3, 0.4) is 0 Å². The fourth-order valence-electron chi connectivity index (χ4n) is 1.95. The van der Waals surface area contributed by atoms with Gasteiger partial charge in [0.2, 0.25) is 0 Å². The van der Waals surface area contributed by atoms with Crippen molar-refractivity contribution in [2.24, 2.45) is 0 Å². The number of rotatable bonds is 1. The molecule has 1 saturated heterocycles. The molecule has 1 fully saturated rings. The number of morpholine rings is 1. The van der Waals surface area contributed by atoms with Crippen LogP contribution >= 0.6 is 11.6 Å². The average Bonchev–Trinajstić information content (AvgIpc) is 2.37. The number of aromatic nitrogens is 1. The van der Waals surface area contributed by atoms with Crippen LogP contribution < -0.4 is 0 Å². The van der Waals surface area contributed by atoms with Crippen molar-refractivity contribution >= 4 is 17.5 Å². The van der Waals surface area contributed by atoms with E-state index in [1.165, 1.54) is 0 Å². The monoisotopic (exact) mass is 282 g/mol. The maximum atomic E-state index is 12.4. The summed E-state index contributed by atoms with van der Waals surface area (Å²) in [6.07, 6.45) is 0. The first-order chi connectivity index (χ1) is 8.88. The van der Waals surface area contributed by atoms with Gasteiger partial charge in [-0.25, -0.2) is 4.98 Å². The molecule has 5 heteroatoms. The predicted octanol–water partition coefficient (Wildman–Crippen LogP) is 2.50. The Morgan fingerprint density at radius 1 is 1.32 bits per heavy atom. The Balaban J connectivity index is 2.28. The molecule has 1 aromatic heterocycles. The molecule has 0 spiro atoms. The third-order valence-corrected chi connectivity index (χ3v) is 3.30. The minimum absolute atomic E-state index is 0.00176. The van der Waals surface area contributed by atoms with E-state index in [9.17, 15) is 4.79 Å². The van der Waals surface area contributed by atoms with Crippen molar-refractivity contribution in [2.45, 2.75) is 26.2 Å². The summed E-state index contributed by atoms with van der Waals surface area (Å²) in [5.41, 5.74) is 1.30. The highest BCUT2D eigenvalue weighted by Crippen LogP contribution is 2.24. The normalized spacial score (nSPS) is 16.5. The molecule has 1 aliphatic heterocycles. The van der Waals surface area contributed by atoms with Crippen LogP contribution in [-0.2, 0) is 10.2 Å². The quantitative estimate of drug-likeness (QED) is 0.743. The number of hydrogen-bond acceptors (Lipinski definition) is 3. The Hall–Kier alpha value is -1.13. The van der Waals surface area contributed by atoms with E-state index in [0.717, 1.165) is 5.69 Å². The van der Waals surface area contributed by atoms with E-state index in [4.69, 9.17) is 16.3 Å². The van der Waals surface area contributed by atoms with Gasteiger partial charge in [-0.05, 0) is 12.1 Å². The van der Waals surface area contributed by atoms with Gasteiger partial charge in [-0.15, -0.1) is 0 Å². The lowest BCUT2D eigenvalue weighted by atomic mass is 9.91. The largest absolute Gasteiger partial charge is 0.378 e. The van der Waals surface area contributed by atoms with Crippen molar-refractivity contribution in [1.82, 2.24) is 9.88 Å². The summed E-state index contributed by atoms with van der Waals surface area (Å²) in [7, 11) is 0. The van der Waals surface area contributed by atoms with Crippen LogP contribution in [0.15, 0.2) is 12.1 Å². The Labute approximate surface area is 118 Å². The Kier molecular flexibility index (Phi) is 4.11. The summed E-state index contributed by atoms with van der Waals surface area (Å²) in [6.45, 7) is 8.60. The molecular formula is C14H19ClN2O2. The van der Waals surface area contributed by atoms with Crippen molar-refractivity contribution in [3.8, 4) is 0 Å². The number of pyridine rings is 1. The lowest BCUT2D eigenvalue weighted by Gasteiger charge is -2.27. The van der Waals surface area contributed by atoms with Gasteiger partial charge < -0.3 is 9.64 Å². The van der Waals surface area contributed by atoms with E-state index in [-0.39, 0.29) is 11.3 Å². The second-order valence-corrected chi connectivity index (χ2v) is 6.11. The van der Waals surface area contributed by atoms with Crippen LogP contribution in [0.5, 0.6) is 0 Å². The third-order valence-electron chi connectivity index (χ3n) is 3.11. The number of hydrogen-bond donors (Lipinski definition) is 0. The lowest BCUT2D eigenvalue weighted by Crippen LogP contribution is -2.40. The van der Waals surface area contributed by atoms with Crippen molar-refractivity contribution in [3.05, 3.63) is 28.5 Å². The molecule has 1 amide bonds. The SMILES string of the molecule is CC(C)(C)c1cc(C(=O)N2CCOCC2)cc(Cl)n1. The van der Waals surface area contributed by atoms with E-state index < -0.39 is 0 Å². The van der Waals surface area contributed by atoms with Gasteiger partial charge in [0.25, 0.3) is 5.91 Å². The van der Waals surface area contributed by atoms with Crippen molar-refractivity contribution in [2.75, 3.05) is 26.3 Å². The zero-order valence-corrected chi connectivity index (χ0v) is 12.3. The smallest absolute Gasteiger partial charge is 0.254 e. The minimum atomic E-state index is -0.134. The van der Waals surface area contributed by atoms with Gasteiger partial charge in [-0.3, -0.25) is 4.79 Å². The Morgan fingerprint density at radius 3 is 2.53 bits per heavy atom. The molecule has 0 bridgehead atoms. The highest BCUT2D eigenvalue weighted by molar-refractivity contribution is 6.29. The molecule has 0 saturated carbocycles. The van der Waals surface area contributed by atoms with Crippen LogP contribution in [0.1, 0.15) is 36.8 Å². The zero-order valence-electron chi connectivity index (χ0n) is 11.6. The van der Waals surface area contributed by atoms with Gasteiger partial charge in [-0.2, -0.15) is 0 Å². The summed E-state index contributed by atoms with van der Waals surface area (Å²) >= 11 is 6.03. The van der Waals surface area contributed by atoms with Crippen LogP contribution in [0.25, 0.3) is 0 Å². The number of ether oxygens (including phenoxy) is 1. The topological polar surface area (TPSA) is 42.4 Å². The average molecular weight is 283 g/mol. The number of carbonyl (C=O) groups excluding carboxylic acids is 1. The van der Waals surface area contributed by atoms with Crippen LogP contribution in [0, 0.1) is 0 Å². The van der Waals surface area contributed by atoms with Crippen LogP contribution in [0.4, 0.5) is 0 Å². The van der Waals surface area contributed by atoms with Gasteiger partial charge in [0, 0.05) is 29.8 Å². The van der Waals surface area contributed by atoms with E-state index in [1.54, 1.807) is 11.0 Å². The van der Waals surface area contributed by atoms with Gasteiger partial charge in [0.05, 0.1) is 13.2 Å². The highest BCUT2D eigenvalue weighted by atomic mass is 35.5. The van der Waals surface area contributed by atoms with Gasteiger partial charge >= 0.3 is 0 Å². The van der Waals surface area contributed by atoms with E-state index in [1.807, 2.05) is 6.07 Å². The van der Waals surface area contributed by atoms with E-state index in [0.29, 0.717) is 37.0 Å². The first-order valence-electron chi connectivity index (χ1n) is 6.43. The maximum absolute atomic E-state index is 12.4. The molecule has 0 aromatic carbocycles. The standard InChI is InChI=1S/C14H19ClN2O2/c1-14(2,3)11-8-10(9-12(15)16-11)13(18)17-4-6-19-7-5-17/h8-9H,4-7H2,1-3H3. The van der Waals surface area contributed by atoms with Crippen molar-refractivity contribution in [1.29, 1.82) is 0 Å². The van der Waals surface area contributed by atoms with Gasteiger partial charge in [0.15, 0.2) is 0 Å². The molecule has 0 N–H and O–H groups in total. The molecule has 104 valence electrons. The summed E-state index contributed by atoms with van der Waals surface area (Å²) in [4.78, 5) is 18.5. The Bertz CT molecular complexity index is 477. The van der Waals surface area contributed by atoms with E-state index in [2.05, 4.69) is 25.8 Å². The number of nitrogens with zero attached hydrogens (tertiary/aromatic N) is 2. The fraction of sp³-hybridized carbons (Fsp3) is 0.571. The molecule has 19 heavy (non-hydrogen) atoms. The molecule has 1 aliphatic rings. The van der Waals surface area contributed by atoms with Crippen LogP contribution in [-0.4, -0.2) is 42.1 Å². The second kappa shape index (κ2) is 5.47. The van der Waals surface area contributed by atoms with Gasteiger partial charge in [0.1, 0.15) is 5.15 Å². The molecule has 2 rings (SSSR count). The predicted molar refractivity (Wildman–Crippen MR) is 74.7 cm³/mol. The third kappa shape index (κ3) is 3.45. The zero-order chi connectivity index (χ0) is 14.0. The summed E-state index contributed by atoms with van der Waals surface area (Å²) < 4.78 is 5.26. The molecule has 2 heterocycles. The summed E-state index contributed by atoms with van der Waals surface area (Å²) in [5, 5.41) is 0.365. The second-order valence-electron chi connectivity index (χ2n) is 5.72. The first-order valence-corrected chi connectivity index (χ1v) is 6.81. The molecule has 0 aliphatic carbocycles. The minimum Gasteiger partial charge on any atom is -0.378 e. The highest BCUT2D eigenvalue weighted by Gasteiger charge is 2.22. The number of amides is 1. The molecule has 1 aromatic rings. The molecular weight excluding hydrogens is 264 g/mol. The molecule has 0 atom stereocenters. The fourth-order valence-corrected chi connectivity index (χ4v) is 2.16. The summed E-state index contributed by atoms with van der Waals surface area (Å²) in [6, 6.07) is 3.47. The maximum Gasteiger partial charge on any atom is 0.254 e. The van der Waals surface area contributed by atoms with E-state index >= 15 is 0 Å². The van der Waals surface area contributed by atoms with Gasteiger partial charge in [-0.1, -0.05) is 32.4 Å². The molecule has 0 radical (unpaired) electrons. The number of carbonyl (C=O) groups is 1.